The van der Waals surface area contributed by atoms with Crippen molar-refractivity contribution >= 4 is 6.09 Å². The van der Waals surface area contributed by atoms with Gasteiger partial charge in [0.05, 0.1) is 12.1 Å². The molecule has 5 heteroatoms. The van der Waals surface area contributed by atoms with Crippen molar-refractivity contribution in [3.05, 3.63) is 35.9 Å². The zero-order valence-corrected chi connectivity index (χ0v) is 15.7. The van der Waals surface area contributed by atoms with E-state index in [0.717, 1.165) is 19.5 Å². The van der Waals surface area contributed by atoms with Crippen molar-refractivity contribution in [2.45, 2.75) is 51.3 Å². The molecule has 0 bridgehead atoms. The van der Waals surface area contributed by atoms with Gasteiger partial charge in [-0.25, -0.2) is 4.79 Å². The highest BCUT2D eigenvalue weighted by Crippen LogP contribution is 2.38. The van der Waals surface area contributed by atoms with Gasteiger partial charge in [-0.3, -0.25) is 4.90 Å². The van der Waals surface area contributed by atoms with Crippen LogP contribution in [0.4, 0.5) is 4.79 Å². The maximum atomic E-state index is 12.4. The van der Waals surface area contributed by atoms with Crippen LogP contribution in [-0.4, -0.2) is 48.4 Å². The molecule has 2 fully saturated rings. The average molecular weight is 346 g/mol. The molecule has 1 unspecified atom stereocenters. The van der Waals surface area contributed by atoms with Crippen LogP contribution in [0.5, 0.6) is 0 Å². The normalized spacial score (nSPS) is 28.2. The Morgan fingerprint density at radius 1 is 1.36 bits per heavy atom. The van der Waals surface area contributed by atoms with Gasteiger partial charge in [-0.1, -0.05) is 30.3 Å². The minimum absolute atomic E-state index is 0.260. The summed E-state index contributed by atoms with van der Waals surface area (Å²) in [6.07, 6.45) is 0.503. The maximum absolute atomic E-state index is 12.4. The van der Waals surface area contributed by atoms with Gasteiger partial charge in [0.2, 0.25) is 0 Å². The number of rotatable bonds is 3. The number of ether oxygens (including phenoxy) is 2. The van der Waals surface area contributed by atoms with Crippen LogP contribution in [0.25, 0.3) is 0 Å². The third-order valence-electron chi connectivity index (χ3n) is 5.31. The van der Waals surface area contributed by atoms with E-state index in [-0.39, 0.29) is 11.6 Å². The number of alkyl carbamates (subject to hydrolysis) is 1. The molecule has 5 nitrogen and oxygen atoms in total. The Morgan fingerprint density at radius 2 is 2.08 bits per heavy atom. The Morgan fingerprint density at radius 3 is 2.76 bits per heavy atom. The lowest BCUT2D eigenvalue weighted by Gasteiger charge is -2.39. The van der Waals surface area contributed by atoms with Crippen molar-refractivity contribution in [2.24, 2.45) is 5.92 Å². The predicted octanol–water partition coefficient (Wildman–Crippen LogP) is 3.36. The largest absolute Gasteiger partial charge is 0.444 e. The Bertz CT molecular complexity index is 599. The van der Waals surface area contributed by atoms with Gasteiger partial charge in [-0.15, -0.1) is 0 Å². The summed E-state index contributed by atoms with van der Waals surface area (Å²) in [6.45, 7) is 11.0. The van der Waals surface area contributed by atoms with Gasteiger partial charge in [0, 0.05) is 31.7 Å². The smallest absolute Gasteiger partial charge is 0.408 e. The molecule has 2 saturated heterocycles. The Labute approximate surface area is 150 Å². The lowest BCUT2D eigenvalue weighted by Crippen LogP contribution is -2.58. The van der Waals surface area contributed by atoms with Gasteiger partial charge in [0.15, 0.2) is 0 Å². The molecule has 25 heavy (non-hydrogen) atoms. The highest BCUT2D eigenvalue weighted by Gasteiger charge is 2.50. The van der Waals surface area contributed by atoms with Gasteiger partial charge in [-0.05, 0) is 39.7 Å². The monoisotopic (exact) mass is 346 g/mol. The van der Waals surface area contributed by atoms with Crippen LogP contribution in [-0.2, 0) is 9.47 Å². The summed E-state index contributed by atoms with van der Waals surface area (Å²) < 4.78 is 11.2. The summed E-state index contributed by atoms with van der Waals surface area (Å²) in [7, 11) is 0. The van der Waals surface area contributed by atoms with Crippen LogP contribution >= 0.6 is 0 Å². The minimum Gasteiger partial charge on any atom is -0.444 e. The molecule has 138 valence electrons. The second kappa shape index (κ2) is 6.96. The van der Waals surface area contributed by atoms with Crippen LogP contribution in [0.1, 0.15) is 45.7 Å². The molecule has 2 aliphatic heterocycles. The first-order valence-corrected chi connectivity index (χ1v) is 9.17. The minimum atomic E-state index is -0.489. The van der Waals surface area contributed by atoms with Crippen LogP contribution in [0, 0.1) is 5.92 Å². The van der Waals surface area contributed by atoms with E-state index in [2.05, 4.69) is 41.4 Å². The number of benzene rings is 1. The topological polar surface area (TPSA) is 50.8 Å². The van der Waals surface area contributed by atoms with Crippen molar-refractivity contribution in [1.82, 2.24) is 10.2 Å². The van der Waals surface area contributed by atoms with Crippen LogP contribution in [0.15, 0.2) is 30.3 Å². The second-order valence-electron chi connectivity index (χ2n) is 8.32. The summed E-state index contributed by atoms with van der Waals surface area (Å²) in [6, 6.07) is 10.8. The van der Waals surface area contributed by atoms with Crippen molar-refractivity contribution in [2.75, 3.05) is 26.3 Å². The Hall–Kier alpha value is -1.59. The number of nitrogens with one attached hydrogen (secondary N) is 1. The summed E-state index contributed by atoms with van der Waals surface area (Å²) >= 11 is 0. The van der Waals surface area contributed by atoms with E-state index in [4.69, 9.17) is 9.47 Å². The molecule has 0 aromatic heterocycles. The summed E-state index contributed by atoms with van der Waals surface area (Å²) in [4.78, 5) is 14.9. The quantitative estimate of drug-likeness (QED) is 0.912. The first kappa shape index (κ1) is 18.2. The van der Waals surface area contributed by atoms with E-state index in [1.165, 1.54) is 5.56 Å². The number of amides is 1. The van der Waals surface area contributed by atoms with Crippen LogP contribution in [0.3, 0.4) is 0 Å². The molecule has 2 aliphatic rings. The van der Waals surface area contributed by atoms with Gasteiger partial charge in [0.1, 0.15) is 5.60 Å². The highest BCUT2D eigenvalue weighted by molar-refractivity contribution is 5.69. The predicted molar refractivity (Wildman–Crippen MR) is 97.5 cm³/mol. The molecular weight excluding hydrogens is 316 g/mol. The fraction of sp³-hybridized carbons (Fsp3) is 0.650. The Kier molecular flexibility index (Phi) is 5.07. The fourth-order valence-corrected chi connectivity index (χ4v) is 3.94. The third kappa shape index (κ3) is 4.15. The first-order chi connectivity index (χ1) is 11.8. The Balaban J connectivity index is 1.74. The van der Waals surface area contributed by atoms with Gasteiger partial charge in [-0.2, -0.15) is 0 Å². The van der Waals surface area contributed by atoms with Crippen molar-refractivity contribution in [3.63, 3.8) is 0 Å². The molecule has 2 heterocycles. The number of carbonyl (C=O) groups excluding carboxylic acids is 1. The second-order valence-corrected chi connectivity index (χ2v) is 8.32. The molecule has 3 rings (SSSR count). The van der Waals surface area contributed by atoms with Crippen LogP contribution < -0.4 is 5.32 Å². The first-order valence-electron chi connectivity index (χ1n) is 9.17. The number of fused-ring (bicyclic) bond motifs is 1. The lowest BCUT2D eigenvalue weighted by atomic mass is 9.83. The van der Waals surface area contributed by atoms with E-state index in [9.17, 15) is 4.79 Å². The zero-order valence-electron chi connectivity index (χ0n) is 15.7. The molecule has 0 radical (unpaired) electrons. The van der Waals surface area contributed by atoms with E-state index in [0.29, 0.717) is 25.2 Å². The maximum Gasteiger partial charge on any atom is 0.408 e. The molecular formula is C20H30N2O3. The molecule has 0 saturated carbocycles. The third-order valence-corrected chi connectivity index (χ3v) is 5.31. The number of hydrogen-bond donors (Lipinski definition) is 1. The average Bonchev–Trinajstić information content (AvgIpc) is 2.92. The van der Waals surface area contributed by atoms with Crippen LogP contribution in [0.2, 0.25) is 0 Å². The van der Waals surface area contributed by atoms with Gasteiger partial charge in [0.25, 0.3) is 0 Å². The van der Waals surface area contributed by atoms with Crippen molar-refractivity contribution in [3.8, 4) is 0 Å². The van der Waals surface area contributed by atoms with E-state index in [1.54, 1.807) is 0 Å². The van der Waals surface area contributed by atoms with Gasteiger partial charge < -0.3 is 14.8 Å². The van der Waals surface area contributed by atoms with E-state index >= 15 is 0 Å². The zero-order chi connectivity index (χ0) is 18.1. The summed E-state index contributed by atoms with van der Waals surface area (Å²) in [5.41, 5.74) is 0.551. The summed E-state index contributed by atoms with van der Waals surface area (Å²) in [5, 5.41) is 3.20. The van der Waals surface area contributed by atoms with E-state index < -0.39 is 5.60 Å². The molecule has 0 spiro atoms. The number of likely N-dealkylation sites (tertiary alicyclic amines) is 1. The molecule has 3 atom stereocenters. The number of carbonyl (C=O) groups is 1. The SMILES string of the molecule is C[C@H](c1ccccc1)N1CC2COCC[C@@]2(NC(=O)OC(C)(C)C)C1. The molecule has 1 N–H and O–H groups in total. The van der Waals surface area contributed by atoms with E-state index in [1.807, 2.05) is 26.8 Å². The summed E-state index contributed by atoms with van der Waals surface area (Å²) in [5.74, 6) is 0.292. The lowest BCUT2D eigenvalue weighted by molar-refractivity contribution is -0.00169. The molecule has 0 aliphatic carbocycles. The van der Waals surface area contributed by atoms with Gasteiger partial charge >= 0.3 is 6.09 Å². The highest BCUT2D eigenvalue weighted by atomic mass is 16.6. The molecule has 1 amide bonds. The molecule has 1 aromatic carbocycles. The number of hydrogen-bond acceptors (Lipinski definition) is 4. The molecule has 1 aromatic rings. The van der Waals surface area contributed by atoms with Crippen molar-refractivity contribution < 1.29 is 14.3 Å². The fourth-order valence-electron chi connectivity index (χ4n) is 3.94. The van der Waals surface area contributed by atoms with Crippen molar-refractivity contribution in [1.29, 1.82) is 0 Å². The standard InChI is InChI=1S/C20H30N2O3/c1-15(16-8-6-5-7-9-16)22-12-17-13-24-11-10-20(17,14-22)21-18(23)25-19(2,3)4/h5-9,15,17H,10-14H2,1-4H3,(H,21,23)/t15-,17?,20-/m1/s1. The number of nitrogens with zero attached hydrogens (tertiary/aromatic N) is 1.